The van der Waals surface area contributed by atoms with Crippen LogP contribution in [0.25, 0.3) is 0 Å². The zero-order valence-electron chi connectivity index (χ0n) is 12.6. The molecule has 0 bridgehead atoms. The molecule has 0 heterocycles. The summed E-state index contributed by atoms with van der Waals surface area (Å²) in [4.78, 5) is 4.28. The summed E-state index contributed by atoms with van der Waals surface area (Å²) in [6.07, 6.45) is -3.23. The average Bonchev–Trinajstić information content (AvgIpc) is 2.43. The molecule has 0 fully saturated rings. The number of benzene rings is 1. The van der Waals surface area contributed by atoms with Gasteiger partial charge in [-0.1, -0.05) is 30.3 Å². The number of guanidine groups is 1. The standard InChI is InChI=1S/C15H22F3N3.HI/c1-2-19-14(21-12-10-15(16,17)18)20-11-6-9-13-7-4-3-5-8-13;/h3-5,7-8H,2,6,9-12H2,1H3,(H2,19,20,21);1H. The molecule has 1 aromatic carbocycles. The predicted octanol–water partition coefficient (Wildman–Crippen LogP) is 3.74. The Morgan fingerprint density at radius 1 is 1.14 bits per heavy atom. The summed E-state index contributed by atoms with van der Waals surface area (Å²) in [7, 11) is 0. The van der Waals surface area contributed by atoms with Crippen LogP contribution in [0.2, 0.25) is 0 Å². The lowest BCUT2D eigenvalue weighted by Crippen LogP contribution is -2.39. The first-order valence-electron chi connectivity index (χ1n) is 7.14. The van der Waals surface area contributed by atoms with Crippen molar-refractivity contribution >= 4 is 29.9 Å². The number of hydrogen-bond acceptors (Lipinski definition) is 1. The minimum Gasteiger partial charge on any atom is -0.357 e. The highest BCUT2D eigenvalue weighted by molar-refractivity contribution is 14.0. The van der Waals surface area contributed by atoms with Crippen molar-refractivity contribution in [2.45, 2.75) is 32.4 Å². The van der Waals surface area contributed by atoms with Crippen LogP contribution in [-0.2, 0) is 6.42 Å². The van der Waals surface area contributed by atoms with Crippen molar-refractivity contribution in [3.05, 3.63) is 35.9 Å². The highest BCUT2D eigenvalue weighted by Gasteiger charge is 2.26. The zero-order chi connectivity index (χ0) is 15.6. The molecule has 0 saturated carbocycles. The van der Waals surface area contributed by atoms with Crippen LogP contribution in [0.1, 0.15) is 25.3 Å². The van der Waals surface area contributed by atoms with Gasteiger partial charge in [0.2, 0.25) is 0 Å². The van der Waals surface area contributed by atoms with E-state index in [0.29, 0.717) is 19.0 Å². The molecule has 0 aliphatic heterocycles. The van der Waals surface area contributed by atoms with Gasteiger partial charge in [0.15, 0.2) is 5.96 Å². The van der Waals surface area contributed by atoms with Crippen molar-refractivity contribution in [1.29, 1.82) is 0 Å². The summed E-state index contributed by atoms with van der Waals surface area (Å²) < 4.78 is 36.3. The van der Waals surface area contributed by atoms with Gasteiger partial charge in [0, 0.05) is 19.6 Å². The lowest BCUT2D eigenvalue weighted by Gasteiger charge is -2.12. The van der Waals surface area contributed by atoms with Crippen LogP contribution < -0.4 is 10.6 Å². The van der Waals surface area contributed by atoms with Crippen LogP contribution in [0.3, 0.4) is 0 Å². The molecule has 22 heavy (non-hydrogen) atoms. The van der Waals surface area contributed by atoms with E-state index in [1.165, 1.54) is 5.56 Å². The molecule has 0 radical (unpaired) electrons. The number of nitrogens with zero attached hydrogens (tertiary/aromatic N) is 1. The number of hydrogen-bond donors (Lipinski definition) is 2. The van der Waals surface area contributed by atoms with E-state index in [2.05, 4.69) is 27.8 Å². The SMILES string of the molecule is CCNC(=NCCCc1ccccc1)NCCC(F)(F)F.I. The van der Waals surface area contributed by atoms with Gasteiger partial charge in [-0.05, 0) is 25.3 Å². The summed E-state index contributed by atoms with van der Waals surface area (Å²) >= 11 is 0. The molecule has 0 spiro atoms. The van der Waals surface area contributed by atoms with Gasteiger partial charge in [-0.15, -0.1) is 24.0 Å². The Balaban J connectivity index is 0.00000441. The first kappa shape index (κ1) is 21.0. The Bertz CT molecular complexity index is 422. The van der Waals surface area contributed by atoms with E-state index in [4.69, 9.17) is 0 Å². The Morgan fingerprint density at radius 2 is 1.82 bits per heavy atom. The molecule has 1 rings (SSSR count). The topological polar surface area (TPSA) is 36.4 Å². The molecular weight excluding hydrogens is 406 g/mol. The third-order valence-corrected chi connectivity index (χ3v) is 2.78. The summed E-state index contributed by atoms with van der Waals surface area (Å²) in [6.45, 7) is 2.92. The minimum atomic E-state index is -4.14. The maximum Gasteiger partial charge on any atom is 0.390 e. The van der Waals surface area contributed by atoms with Crippen LogP contribution in [0.15, 0.2) is 35.3 Å². The van der Waals surface area contributed by atoms with Crippen LogP contribution >= 0.6 is 24.0 Å². The summed E-state index contributed by atoms with van der Waals surface area (Å²) in [5, 5.41) is 5.63. The molecule has 0 saturated heterocycles. The molecule has 0 unspecified atom stereocenters. The quantitative estimate of drug-likeness (QED) is 0.300. The zero-order valence-corrected chi connectivity index (χ0v) is 14.9. The Hall–Kier alpha value is -0.990. The number of rotatable bonds is 7. The summed E-state index contributed by atoms with van der Waals surface area (Å²) in [5.41, 5.74) is 1.24. The summed E-state index contributed by atoms with van der Waals surface area (Å²) in [6, 6.07) is 10.0. The van der Waals surface area contributed by atoms with Gasteiger partial charge in [0.25, 0.3) is 0 Å². The van der Waals surface area contributed by atoms with Gasteiger partial charge in [-0.3, -0.25) is 4.99 Å². The van der Waals surface area contributed by atoms with Crippen molar-refractivity contribution < 1.29 is 13.2 Å². The fourth-order valence-electron chi connectivity index (χ4n) is 1.78. The molecule has 0 aliphatic rings. The highest BCUT2D eigenvalue weighted by atomic mass is 127. The second-order valence-electron chi connectivity index (χ2n) is 4.64. The number of nitrogens with one attached hydrogen (secondary N) is 2. The lowest BCUT2D eigenvalue weighted by molar-refractivity contribution is -0.132. The monoisotopic (exact) mass is 429 g/mol. The molecule has 7 heteroatoms. The first-order valence-corrected chi connectivity index (χ1v) is 7.14. The first-order chi connectivity index (χ1) is 10.0. The molecule has 2 N–H and O–H groups in total. The Kier molecular flexibility index (Phi) is 11.0. The number of halogens is 4. The van der Waals surface area contributed by atoms with Gasteiger partial charge in [-0.25, -0.2) is 0 Å². The molecule has 126 valence electrons. The third-order valence-electron chi connectivity index (χ3n) is 2.78. The lowest BCUT2D eigenvalue weighted by atomic mass is 10.1. The van der Waals surface area contributed by atoms with Crippen LogP contribution in [0, 0.1) is 0 Å². The van der Waals surface area contributed by atoms with Crippen LogP contribution in [0.5, 0.6) is 0 Å². The molecular formula is C15H23F3IN3. The molecule has 1 aromatic rings. The number of aryl methyl sites for hydroxylation is 1. The van der Waals surface area contributed by atoms with E-state index in [1.54, 1.807) is 0 Å². The van der Waals surface area contributed by atoms with Gasteiger partial charge < -0.3 is 10.6 Å². The van der Waals surface area contributed by atoms with E-state index in [0.717, 1.165) is 12.8 Å². The molecule has 0 amide bonds. The van der Waals surface area contributed by atoms with E-state index in [9.17, 15) is 13.2 Å². The van der Waals surface area contributed by atoms with Crippen molar-refractivity contribution in [1.82, 2.24) is 10.6 Å². The molecule has 0 atom stereocenters. The second kappa shape index (κ2) is 11.6. The predicted molar refractivity (Wildman–Crippen MR) is 94.8 cm³/mol. The fraction of sp³-hybridized carbons (Fsp3) is 0.533. The normalized spacial score (nSPS) is 11.7. The van der Waals surface area contributed by atoms with Gasteiger partial charge in [0.1, 0.15) is 0 Å². The Labute approximate surface area is 146 Å². The van der Waals surface area contributed by atoms with Crippen molar-refractivity contribution in [3.8, 4) is 0 Å². The van der Waals surface area contributed by atoms with Crippen molar-refractivity contribution in [2.75, 3.05) is 19.6 Å². The summed E-state index contributed by atoms with van der Waals surface area (Å²) in [5.74, 6) is 0.440. The van der Waals surface area contributed by atoms with Gasteiger partial charge in [0.05, 0.1) is 6.42 Å². The fourth-order valence-corrected chi connectivity index (χ4v) is 1.78. The molecule has 3 nitrogen and oxygen atoms in total. The largest absolute Gasteiger partial charge is 0.390 e. The van der Waals surface area contributed by atoms with Gasteiger partial charge in [-0.2, -0.15) is 13.2 Å². The third kappa shape index (κ3) is 10.7. The van der Waals surface area contributed by atoms with Crippen molar-refractivity contribution in [2.24, 2.45) is 4.99 Å². The number of aliphatic imine (C=N–C) groups is 1. The van der Waals surface area contributed by atoms with E-state index < -0.39 is 12.6 Å². The molecule has 0 aromatic heterocycles. The van der Waals surface area contributed by atoms with Crippen LogP contribution in [0.4, 0.5) is 13.2 Å². The maximum absolute atomic E-state index is 12.1. The highest BCUT2D eigenvalue weighted by Crippen LogP contribution is 2.18. The van der Waals surface area contributed by atoms with Crippen LogP contribution in [-0.4, -0.2) is 31.8 Å². The average molecular weight is 429 g/mol. The van der Waals surface area contributed by atoms with E-state index in [-0.39, 0.29) is 30.5 Å². The minimum absolute atomic E-state index is 0. The van der Waals surface area contributed by atoms with Gasteiger partial charge >= 0.3 is 6.18 Å². The van der Waals surface area contributed by atoms with E-state index >= 15 is 0 Å². The second-order valence-corrected chi connectivity index (χ2v) is 4.64. The Morgan fingerprint density at radius 3 is 2.41 bits per heavy atom. The van der Waals surface area contributed by atoms with E-state index in [1.807, 2.05) is 25.1 Å². The van der Waals surface area contributed by atoms with Crippen molar-refractivity contribution in [3.63, 3.8) is 0 Å². The maximum atomic E-state index is 12.1. The number of alkyl halides is 3. The smallest absolute Gasteiger partial charge is 0.357 e. The molecule has 0 aliphatic carbocycles.